The summed E-state index contributed by atoms with van der Waals surface area (Å²) < 4.78 is 53.5. The molecule has 4 rings (SSSR count). The number of fused-ring (bicyclic) bond motifs is 1. The zero-order chi connectivity index (χ0) is 25.5. The largest absolute Gasteiger partial charge is 0.573 e. The first kappa shape index (κ1) is 25.1. The Kier molecular flexibility index (Phi) is 7.74. The number of hydrogen-bond acceptors (Lipinski definition) is 5. The lowest BCUT2D eigenvalue weighted by Crippen LogP contribution is -2.25. The minimum atomic E-state index is -4.73. The van der Waals surface area contributed by atoms with Crippen molar-refractivity contribution in [1.82, 2.24) is 14.9 Å². The molecule has 3 aromatic carbocycles. The van der Waals surface area contributed by atoms with Crippen LogP contribution in [0, 0.1) is 0 Å². The zero-order valence-corrected chi connectivity index (χ0v) is 19.4. The third-order valence-corrected chi connectivity index (χ3v) is 5.28. The number of hydrogen-bond donors (Lipinski definition) is 1. The first-order valence-electron chi connectivity index (χ1n) is 11.1. The Morgan fingerprint density at radius 3 is 2.58 bits per heavy atom. The molecular formula is C26H24F3N3O4. The van der Waals surface area contributed by atoms with Crippen molar-refractivity contribution in [3.8, 4) is 17.2 Å². The van der Waals surface area contributed by atoms with E-state index in [1.165, 1.54) is 24.3 Å². The molecule has 0 spiro atoms. The molecule has 1 heterocycles. The normalized spacial score (nSPS) is 11.4. The fraction of sp³-hybridized carbons (Fsp3) is 0.231. The number of nitrogens with zero attached hydrogens (tertiary/aromatic N) is 2. The number of benzene rings is 3. The second-order valence-corrected chi connectivity index (χ2v) is 7.90. The molecule has 1 amide bonds. The molecule has 36 heavy (non-hydrogen) atoms. The van der Waals surface area contributed by atoms with Gasteiger partial charge in [-0.05, 0) is 54.4 Å². The molecule has 0 radical (unpaired) electrons. The Hall–Kier alpha value is -4.05. The van der Waals surface area contributed by atoms with Crippen molar-refractivity contribution in [2.75, 3.05) is 20.3 Å². The predicted molar refractivity (Wildman–Crippen MR) is 127 cm³/mol. The van der Waals surface area contributed by atoms with Gasteiger partial charge < -0.3 is 19.5 Å². The molecule has 0 bridgehead atoms. The summed E-state index contributed by atoms with van der Waals surface area (Å²) in [6.07, 6.45) is -2.33. The third kappa shape index (κ3) is 6.54. The number of imidazole rings is 1. The Morgan fingerprint density at radius 1 is 1.03 bits per heavy atom. The van der Waals surface area contributed by atoms with Crippen LogP contribution in [0.25, 0.3) is 16.7 Å². The van der Waals surface area contributed by atoms with E-state index >= 15 is 0 Å². The number of amides is 1. The van der Waals surface area contributed by atoms with Crippen molar-refractivity contribution in [3.63, 3.8) is 0 Å². The number of alkyl halides is 3. The van der Waals surface area contributed by atoms with Gasteiger partial charge in [0, 0.05) is 31.9 Å². The predicted octanol–water partition coefficient (Wildman–Crippen LogP) is 5.27. The van der Waals surface area contributed by atoms with Gasteiger partial charge in [-0.1, -0.05) is 18.2 Å². The van der Waals surface area contributed by atoms with Gasteiger partial charge in [-0.3, -0.25) is 9.36 Å². The summed E-state index contributed by atoms with van der Waals surface area (Å²) >= 11 is 0. The van der Waals surface area contributed by atoms with Crippen LogP contribution >= 0.6 is 0 Å². The van der Waals surface area contributed by atoms with Crippen LogP contribution in [0.5, 0.6) is 11.5 Å². The van der Waals surface area contributed by atoms with Crippen molar-refractivity contribution < 1.29 is 32.2 Å². The molecular weight excluding hydrogens is 475 g/mol. The van der Waals surface area contributed by atoms with Crippen LogP contribution in [0.2, 0.25) is 0 Å². The van der Waals surface area contributed by atoms with Crippen LogP contribution in [0.1, 0.15) is 22.3 Å². The van der Waals surface area contributed by atoms with Crippen LogP contribution in [0.15, 0.2) is 73.1 Å². The number of ether oxygens (including phenoxy) is 3. The van der Waals surface area contributed by atoms with Crippen LogP contribution in [-0.4, -0.2) is 42.1 Å². The highest BCUT2D eigenvalue weighted by molar-refractivity contribution is 5.97. The molecule has 0 aliphatic rings. The molecule has 0 aliphatic heterocycles. The number of nitrogens with one attached hydrogen (secondary N) is 1. The molecule has 1 aromatic heterocycles. The van der Waals surface area contributed by atoms with Gasteiger partial charge in [-0.25, -0.2) is 4.98 Å². The highest BCUT2D eigenvalue weighted by Crippen LogP contribution is 2.25. The van der Waals surface area contributed by atoms with Crippen molar-refractivity contribution >= 4 is 16.9 Å². The van der Waals surface area contributed by atoms with Crippen LogP contribution in [0.3, 0.4) is 0 Å². The summed E-state index contributed by atoms with van der Waals surface area (Å²) in [5.41, 5.74) is 3.51. The maximum Gasteiger partial charge on any atom is 0.573 e. The fourth-order valence-corrected chi connectivity index (χ4v) is 3.56. The molecule has 0 atom stereocenters. The van der Waals surface area contributed by atoms with Crippen molar-refractivity contribution in [1.29, 1.82) is 0 Å². The number of carbonyl (C=O) groups excluding carboxylic acids is 1. The Morgan fingerprint density at radius 2 is 1.83 bits per heavy atom. The number of carbonyl (C=O) groups is 1. The molecule has 10 heteroatoms. The quantitative estimate of drug-likeness (QED) is 0.301. The summed E-state index contributed by atoms with van der Waals surface area (Å²) in [7, 11) is 1.62. The second-order valence-electron chi connectivity index (χ2n) is 7.90. The van der Waals surface area contributed by atoms with Crippen molar-refractivity contribution in [2.24, 2.45) is 0 Å². The second kappa shape index (κ2) is 11.1. The van der Waals surface area contributed by atoms with Gasteiger partial charge in [-0.2, -0.15) is 0 Å². The molecule has 0 unspecified atom stereocenters. The van der Waals surface area contributed by atoms with E-state index < -0.39 is 6.36 Å². The zero-order valence-electron chi connectivity index (χ0n) is 19.4. The van der Waals surface area contributed by atoms with E-state index in [-0.39, 0.29) is 18.3 Å². The first-order valence-corrected chi connectivity index (χ1v) is 11.1. The standard InChI is InChI=1S/C26H24F3N3O4/c1-34-13-3-12-30-25(33)19-8-11-24-23(14-19)31-17-32(24)20-4-2-5-22(15-20)35-16-18-6-9-21(10-7-18)36-26(27,28)29/h2,4-11,14-15,17H,3,12-13,16H2,1H3,(H,30,33). The van der Waals surface area contributed by atoms with E-state index in [1.807, 2.05) is 28.8 Å². The van der Waals surface area contributed by atoms with E-state index in [0.717, 1.165) is 17.6 Å². The number of halogens is 3. The minimum absolute atomic E-state index is 0.170. The number of methoxy groups -OCH3 is 1. The third-order valence-electron chi connectivity index (χ3n) is 5.28. The van der Waals surface area contributed by atoms with Crippen LogP contribution in [0.4, 0.5) is 13.2 Å². The Bertz CT molecular complexity index is 1320. The van der Waals surface area contributed by atoms with Crippen molar-refractivity contribution in [3.05, 3.63) is 84.2 Å². The summed E-state index contributed by atoms with van der Waals surface area (Å²) in [4.78, 5) is 16.8. The van der Waals surface area contributed by atoms with Gasteiger partial charge in [0.15, 0.2) is 0 Å². The maximum absolute atomic E-state index is 12.4. The van der Waals surface area contributed by atoms with Crippen LogP contribution < -0.4 is 14.8 Å². The van der Waals surface area contributed by atoms with E-state index in [9.17, 15) is 18.0 Å². The molecule has 0 saturated carbocycles. The van der Waals surface area contributed by atoms with E-state index in [4.69, 9.17) is 9.47 Å². The first-order chi connectivity index (χ1) is 17.3. The maximum atomic E-state index is 12.4. The topological polar surface area (TPSA) is 74.6 Å². The van der Waals surface area contributed by atoms with E-state index in [0.29, 0.717) is 35.5 Å². The van der Waals surface area contributed by atoms with Crippen molar-refractivity contribution in [2.45, 2.75) is 19.4 Å². The summed E-state index contributed by atoms with van der Waals surface area (Å²) in [5, 5.41) is 2.86. The fourth-order valence-electron chi connectivity index (χ4n) is 3.56. The van der Waals surface area contributed by atoms with Crippen LogP contribution in [-0.2, 0) is 11.3 Å². The smallest absolute Gasteiger partial charge is 0.489 e. The monoisotopic (exact) mass is 499 g/mol. The van der Waals surface area contributed by atoms with Gasteiger partial charge in [-0.15, -0.1) is 13.2 Å². The highest BCUT2D eigenvalue weighted by atomic mass is 19.4. The summed E-state index contributed by atoms with van der Waals surface area (Å²) in [5.74, 6) is 0.125. The van der Waals surface area contributed by atoms with E-state index in [2.05, 4.69) is 15.0 Å². The molecule has 188 valence electrons. The molecule has 0 fully saturated rings. The number of rotatable bonds is 10. The molecule has 0 saturated heterocycles. The lowest BCUT2D eigenvalue weighted by molar-refractivity contribution is -0.274. The minimum Gasteiger partial charge on any atom is -0.489 e. The average molecular weight is 499 g/mol. The van der Waals surface area contributed by atoms with Gasteiger partial charge in [0.25, 0.3) is 5.91 Å². The molecule has 4 aromatic rings. The van der Waals surface area contributed by atoms with Gasteiger partial charge in [0.05, 0.1) is 16.7 Å². The van der Waals surface area contributed by atoms with Gasteiger partial charge in [0.1, 0.15) is 24.4 Å². The Balaban J connectivity index is 1.42. The Labute approximate surface area is 205 Å². The average Bonchev–Trinajstić information content (AvgIpc) is 3.29. The molecule has 1 N–H and O–H groups in total. The van der Waals surface area contributed by atoms with Gasteiger partial charge in [0.2, 0.25) is 0 Å². The summed E-state index contributed by atoms with van der Waals surface area (Å²) in [6, 6.07) is 18.2. The van der Waals surface area contributed by atoms with Gasteiger partial charge >= 0.3 is 6.36 Å². The van der Waals surface area contributed by atoms with E-state index in [1.54, 1.807) is 31.6 Å². The SMILES string of the molecule is COCCCNC(=O)c1ccc2c(c1)ncn2-c1cccc(OCc2ccc(OC(F)(F)F)cc2)c1. The molecule has 7 nitrogen and oxygen atoms in total. The summed E-state index contributed by atoms with van der Waals surface area (Å²) in [6.45, 7) is 1.27. The lowest BCUT2D eigenvalue weighted by Gasteiger charge is -2.11. The molecule has 0 aliphatic carbocycles. The lowest BCUT2D eigenvalue weighted by atomic mass is 10.2. The number of aromatic nitrogens is 2. The highest BCUT2D eigenvalue weighted by Gasteiger charge is 2.30.